The van der Waals surface area contributed by atoms with Crippen molar-refractivity contribution in [1.82, 2.24) is 4.90 Å². The van der Waals surface area contributed by atoms with Crippen LogP contribution in [0.15, 0.2) is 42.5 Å². The van der Waals surface area contributed by atoms with Crippen LogP contribution >= 0.6 is 0 Å². The minimum atomic E-state index is -0.0530. The van der Waals surface area contributed by atoms with E-state index in [-0.39, 0.29) is 6.03 Å². The number of nitrogens with zero attached hydrogens (tertiary/aromatic N) is 3. The molecule has 5 nitrogen and oxygen atoms in total. The van der Waals surface area contributed by atoms with Crippen LogP contribution in [0, 0.1) is 25.2 Å². The quantitative estimate of drug-likeness (QED) is 0.914. The number of carbonyl (C=O) groups excluding carboxylic acids is 1. The standard InChI is InChI=1S/C20H22N4O/c1-15-3-6-18(13-16(15)2)22-20(25)24-11-9-23(10-12-24)19-7-4-17(14-21)5-8-19/h3-8,13H,9-12H2,1-2H3,(H,22,25). The van der Waals surface area contributed by atoms with Gasteiger partial charge in [0.05, 0.1) is 11.6 Å². The Morgan fingerprint density at radius 2 is 1.68 bits per heavy atom. The minimum absolute atomic E-state index is 0.0530. The summed E-state index contributed by atoms with van der Waals surface area (Å²) in [5.74, 6) is 0. The van der Waals surface area contributed by atoms with Crippen molar-refractivity contribution in [2.45, 2.75) is 13.8 Å². The fourth-order valence-corrected chi connectivity index (χ4v) is 2.94. The van der Waals surface area contributed by atoms with Gasteiger partial charge in [-0.1, -0.05) is 6.07 Å². The second kappa shape index (κ2) is 7.27. The Kier molecular flexibility index (Phi) is 4.90. The summed E-state index contributed by atoms with van der Waals surface area (Å²) in [6, 6.07) is 15.6. The predicted octanol–water partition coefficient (Wildman–Crippen LogP) is 3.53. The Morgan fingerprint density at radius 1 is 1.00 bits per heavy atom. The van der Waals surface area contributed by atoms with Gasteiger partial charge < -0.3 is 15.1 Å². The van der Waals surface area contributed by atoms with Gasteiger partial charge in [-0.05, 0) is 61.4 Å². The van der Waals surface area contributed by atoms with Crippen molar-refractivity contribution in [3.63, 3.8) is 0 Å². The number of piperazine rings is 1. The number of benzene rings is 2. The van der Waals surface area contributed by atoms with Gasteiger partial charge in [0, 0.05) is 37.6 Å². The Labute approximate surface area is 148 Å². The van der Waals surface area contributed by atoms with Crippen molar-refractivity contribution in [2.75, 3.05) is 36.4 Å². The zero-order valence-electron chi connectivity index (χ0n) is 14.6. The third-order valence-electron chi connectivity index (χ3n) is 4.69. The van der Waals surface area contributed by atoms with Gasteiger partial charge in [-0.15, -0.1) is 0 Å². The molecule has 0 bridgehead atoms. The molecule has 2 aromatic carbocycles. The van der Waals surface area contributed by atoms with E-state index >= 15 is 0 Å². The molecule has 1 N–H and O–H groups in total. The SMILES string of the molecule is Cc1ccc(NC(=O)N2CCN(c3ccc(C#N)cc3)CC2)cc1C. The fourth-order valence-electron chi connectivity index (χ4n) is 2.94. The molecule has 1 aliphatic rings. The molecule has 0 atom stereocenters. The first-order valence-corrected chi connectivity index (χ1v) is 8.45. The predicted molar refractivity (Wildman–Crippen MR) is 99.9 cm³/mol. The van der Waals surface area contributed by atoms with E-state index in [2.05, 4.69) is 23.2 Å². The van der Waals surface area contributed by atoms with E-state index in [1.54, 1.807) is 0 Å². The van der Waals surface area contributed by atoms with Gasteiger partial charge in [0.1, 0.15) is 0 Å². The second-order valence-electron chi connectivity index (χ2n) is 6.36. The lowest BCUT2D eigenvalue weighted by Gasteiger charge is -2.36. The summed E-state index contributed by atoms with van der Waals surface area (Å²) in [6.07, 6.45) is 0. The van der Waals surface area contributed by atoms with Crippen LogP contribution in [0.25, 0.3) is 0 Å². The number of amides is 2. The number of rotatable bonds is 2. The molecule has 1 heterocycles. The lowest BCUT2D eigenvalue weighted by atomic mass is 10.1. The van der Waals surface area contributed by atoms with Gasteiger partial charge >= 0.3 is 6.03 Å². The molecule has 0 aliphatic carbocycles. The van der Waals surface area contributed by atoms with Crippen LogP contribution < -0.4 is 10.2 Å². The van der Waals surface area contributed by atoms with Crippen LogP contribution in [0.3, 0.4) is 0 Å². The highest BCUT2D eigenvalue weighted by molar-refractivity contribution is 5.89. The molecule has 0 aromatic heterocycles. The van der Waals surface area contributed by atoms with Gasteiger partial charge in [0.25, 0.3) is 0 Å². The van der Waals surface area contributed by atoms with Crippen molar-refractivity contribution in [2.24, 2.45) is 0 Å². The lowest BCUT2D eigenvalue weighted by molar-refractivity contribution is 0.208. The Balaban J connectivity index is 1.56. The Morgan fingerprint density at radius 3 is 2.28 bits per heavy atom. The molecule has 0 radical (unpaired) electrons. The highest BCUT2D eigenvalue weighted by atomic mass is 16.2. The summed E-state index contributed by atoms with van der Waals surface area (Å²) in [4.78, 5) is 16.5. The third kappa shape index (κ3) is 3.92. The van der Waals surface area contributed by atoms with Crippen molar-refractivity contribution < 1.29 is 4.79 Å². The maximum atomic E-state index is 12.5. The second-order valence-corrected chi connectivity index (χ2v) is 6.36. The molecular formula is C20H22N4O. The minimum Gasteiger partial charge on any atom is -0.368 e. The highest BCUT2D eigenvalue weighted by Crippen LogP contribution is 2.18. The van der Waals surface area contributed by atoms with E-state index in [0.29, 0.717) is 18.7 Å². The maximum absolute atomic E-state index is 12.5. The zero-order valence-corrected chi connectivity index (χ0v) is 14.6. The van der Waals surface area contributed by atoms with Crippen LogP contribution in [0.2, 0.25) is 0 Å². The summed E-state index contributed by atoms with van der Waals surface area (Å²) < 4.78 is 0. The molecule has 2 aromatic rings. The Bertz CT molecular complexity index is 799. The number of urea groups is 1. The van der Waals surface area contributed by atoms with Crippen LogP contribution in [-0.4, -0.2) is 37.1 Å². The number of anilines is 2. The van der Waals surface area contributed by atoms with Crippen LogP contribution in [0.5, 0.6) is 0 Å². The first kappa shape index (κ1) is 16.8. The maximum Gasteiger partial charge on any atom is 0.321 e. The van der Waals surface area contributed by atoms with Gasteiger partial charge in [-0.2, -0.15) is 5.26 Å². The number of nitrogens with one attached hydrogen (secondary N) is 1. The first-order chi connectivity index (χ1) is 12.1. The molecule has 1 fully saturated rings. The molecule has 1 saturated heterocycles. The van der Waals surface area contributed by atoms with Gasteiger partial charge in [0.15, 0.2) is 0 Å². The van der Waals surface area contributed by atoms with E-state index in [4.69, 9.17) is 5.26 Å². The molecule has 0 spiro atoms. The van der Waals surface area contributed by atoms with Crippen LogP contribution in [-0.2, 0) is 0 Å². The van der Waals surface area contributed by atoms with Crippen molar-refractivity contribution in [3.05, 3.63) is 59.2 Å². The van der Waals surface area contributed by atoms with Crippen LogP contribution in [0.4, 0.5) is 16.2 Å². The average molecular weight is 334 g/mol. The zero-order chi connectivity index (χ0) is 17.8. The third-order valence-corrected chi connectivity index (χ3v) is 4.69. The number of hydrogen-bond donors (Lipinski definition) is 1. The lowest BCUT2D eigenvalue weighted by Crippen LogP contribution is -2.50. The number of aryl methyl sites for hydroxylation is 2. The summed E-state index contributed by atoms with van der Waals surface area (Å²) in [5.41, 5.74) is 4.98. The highest BCUT2D eigenvalue weighted by Gasteiger charge is 2.21. The largest absolute Gasteiger partial charge is 0.368 e. The van der Waals surface area contributed by atoms with E-state index in [1.165, 1.54) is 11.1 Å². The van der Waals surface area contributed by atoms with Gasteiger partial charge in [-0.3, -0.25) is 0 Å². The molecule has 5 heteroatoms. The molecule has 3 rings (SSSR count). The smallest absolute Gasteiger partial charge is 0.321 e. The number of nitriles is 1. The topological polar surface area (TPSA) is 59.4 Å². The molecule has 25 heavy (non-hydrogen) atoms. The fraction of sp³-hybridized carbons (Fsp3) is 0.300. The average Bonchev–Trinajstić information content (AvgIpc) is 2.65. The van der Waals surface area contributed by atoms with E-state index < -0.39 is 0 Å². The molecular weight excluding hydrogens is 312 g/mol. The first-order valence-electron chi connectivity index (χ1n) is 8.45. The number of hydrogen-bond acceptors (Lipinski definition) is 3. The molecule has 1 aliphatic heterocycles. The van der Waals surface area contributed by atoms with E-state index in [0.717, 1.165) is 24.5 Å². The molecule has 0 unspecified atom stereocenters. The number of carbonyl (C=O) groups is 1. The van der Waals surface area contributed by atoms with E-state index in [1.807, 2.05) is 54.3 Å². The van der Waals surface area contributed by atoms with Crippen molar-refractivity contribution >= 4 is 17.4 Å². The Hall–Kier alpha value is -3.00. The normalized spacial score (nSPS) is 14.1. The van der Waals surface area contributed by atoms with Crippen molar-refractivity contribution in [1.29, 1.82) is 5.26 Å². The van der Waals surface area contributed by atoms with Crippen LogP contribution in [0.1, 0.15) is 16.7 Å². The molecule has 0 saturated carbocycles. The van der Waals surface area contributed by atoms with Gasteiger partial charge in [0.2, 0.25) is 0 Å². The summed E-state index contributed by atoms with van der Waals surface area (Å²) in [5, 5.41) is 11.9. The summed E-state index contributed by atoms with van der Waals surface area (Å²) in [7, 11) is 0. The summed E-state index contributed by atoms with van der Waals surface area (Å²) in [6.45, 7) is 7.02. The van der Waals surface area contributed by atoms with E-state index in [9.17, 15) is 4.79 Å². The monoisotopic (exact) mass is 334 g/mol. The van der Waals surface area contributed by atoms with Gasteiger partial charge in [-0.25, -0.2) is 4.79 Å². The summed E-state index contributed by atoms with van der Waals surface area (Å²) >= 11 is 0. The molecule has 128 valence electrons. The van der Waals surface area contributed by atoms with Crippen molar-refractivity contribution in [3.8, 4) is 6.07 Å². The molecule has 2 amide bonds.